The fourth-order valence-corrected chi connectivity index (χ4v) is 1.93. The third kappa shape index (κ3) is 2.49. The van der Waals surface area contributed by atoms with Crippen LogP contribution in [0, 0.1) is 0 Å². The second kappa shape index (κ2) is 3.43. The molecule has 0 aliphatic heterocycles. The second-order valence-corrected chi connectivity index (χ2v) is 6.53. The molecule has 0 aliphatic rings. The highest BCUT2D eigenvalue weighted by molar-refractivity contribution is 7.70. The van der Waals surface area contributed by atoms with Gasteiger partial charge < -0.3 is 15.0 Å². The van der Waals surface area contributed by atoms with E-state index in [1.165, 1.54) is 0 Å². The molecule has 0 saturated carbocycles. The first-order valence-electron chi connectivity index (χ1n) is 3.93. The van der Waals surface area contributed by atoms with E-state index in [0.29, 0.717) is 11.4 Å². The summed E-state index contributed by atoms with van der Waals surface area (Å²) in [6, 6.07) is 5.19. The van der Waals surface area contributed by atoms with E-state index in [2.05, 4.69) is 0 Å². The van der Waals surface area contributed by atoms with E-state index in [-0.39, 0.29) is 0 Å². The van der Waals surface area contributed by atoms with Crippen LogP contribution in [0.25, 0.3) is 0 Å². The summed E-state index contributed by atoms with van der Waals surface area (Å²) >= 11 is 0. The summed E-state index contributed by atoms with van der Waals surface area (Å²) < 4.78 is 16.8. The van der Waals surface area contributed by atoms with Gasteiger partial charge in [-0.1, -0.05) is 0 Å². The fourth-order valence-electron chi connectivity index (χ4n) is 1.03. The molecule has 0 fully saturated rings. The minimum Gasteiger partial charge on any atom is -0.497 e. The van der Waals surface area contributed by atoms with Crippen LogP contribution in [-0.2, 0) is 4.57 Å². The zero-order valence-electron chi connectivity index (χ0n) is 8.07. The van der Waals surface area contributed by atoms with Crippen LogP contribution in [0.2, 0.25) is 0 Å². The van der Waals surface area contributed by atoms with E-state index in [0.717, 1.165) is 5.30 Å². The van der Waals surface area contributed by atoms with E-state index in [9.17, 15) is 4.57 Å². The van der Waals surface area contributed by atoms with Crippen molar-refractivity contribution in [1.82, 2.24) is 0 Å². The van der Waals surface area contributed by atoms with E-state index in [4.69, 9.17) is 10.5 Å². The van der Waals surface area contributed by atoms with Crippen LogP contribution < -0.4 is 15.8 Å². The number of anilines is 1. The van der Waals surface area contributed by atoms with Crippen LogP contribution in [0.3, 0.4) is 0 Å². The van der Waals surface area contributed by atoms with Crippen molar-refractivity contribution >= 4 is 18.1 Å². The zero-order chi connectivity index (χ0) is 10.1. The Labute approximate surface area is 78.3 Å². The monoisotopic (exact) mass is 199 g/mol. The highest BCUT2D eigenvalue weighted by Crippen LogP contribution is 2.36. The summed E-state index contributed by atoms with van der Waals surface area (Å²) in [5, 5.41) is 0.754. The van der Waals surface area contributed by atoms with Crippen LogP contribution >= 0.6 is 7.14 Å². The molecule has 0 amide bonds. The van der Waals surface area contributed by atoms with Crippen LogP contribution in [0.4, 0.5) is 5.69 Å². The van der Waals surface area contributed by atoms with Gasteiger partial charge in [-0.25, -0.2) is 0 Å². The van der Waals surface area contributed by atoms with Crippen molar-refractivity contribution in [3.8, 4) is 5.75 Å². The van der Waals surface area contributed by atoms with E-state index >= 15 is 0 Å². The third-order valence-electron chi connectivity index (χ3n) is 1.77. The molecule has 72 valence electrons. The van der Waals surface area contributed by atoms with Crippen LogP contribution in [-0.4, -0.2) is 20.4 Å². The molecular weight excluding hydrogens is 185 g/mol. The van der Waals surface area contributed by atoms with Crippen LogP contribution in [0.5, 0.6) is 5.75 Å². The van der Waals surface area contributed by atoms with Crippen molar-refractivity contribution in [2.45, 2.75) is 0 Å². The molecule has 0 bridgehead atoms. The normalized spacial score (nSPS) is 11.3. The molecule has 1 aromatic carbocycles. The van der Waals surface area contributed by atoms with Gasteiger partial charge in [0.15, 0.2) is 0 Å². The van der Waals surface area contributed by atoms with E-state index in [1.54, 1.807) is 38.6 Å². The molecule has 0 saturated heterocycles. The first kappa shape index (κ1) is 10.1. The Hall–Kier alpha value is -0.950. The Kier molecular flexibility index (Phi) is 2.67. The smallest absolute Gasteiger partial charge is 0.121 e. The third-order valence-corrected chi connectivity index (χ3v) is 3.27. The molecule has 0 aromatic heterocycles. The maximum atomic E-state index is 11.7. The van der Waals surface area contributed by atoms with Crippen molar-refractivity contribution in [1.29, 1.82) is 0 Å². The number of methoxy groups -OCH3 is 1. The SMILES string of the molecule is COc1cc(N)cc(P(C)(C)=O)c1. The number of hydrogen-bond acceptors (Lipinski definition) is 3. The van der Waals surface area contributed by atoms with Gasteiger partial charge in [0.25, 0.3) is 0 Å². The maximum absolute atomic E-state index is 11.7. The van der Waals surface area contributed by atoms with Crippen molar-refractivity contribution in [3.05, 3.63) is 18.2 Å². The predicted molar refractivity (Wildman–Crippen MR) is 56.5 cm³/mol. The van der Waals surface area contributed by atoms with Gasteiger partial charge in [0, 0.05) is 17.1 Å². The fraction of sp³-hybridized carbons (Fsp3) is 0.333. The summed E-state index contributed by atoms with van der Waals surface area (Å²) in [6.45, 7) is 3.42. The predicted octanol–water partition coefficient (Wildman–Crippen LogP) is 1.53. The molecule has 13 heavy (non-hydrogen) atoms. The molecule has 0 spiro atoms. The lowest BCUT2D eigenvalue weighted by Crippen LogP contribution is -2.05. The average molecular weight is 199 g/mol. The van der Waals surface area contributed by atoms with Crippen molar-refractivity contribution < 1.29 is 9.30 Å². The average Bonchev–Trinajstić information content (AvgIpc) is 2.01. The van der Waals surface area contributed by atoms with Crippen molar-refractivity contribution in [2.75, 3.05) is 26.2 Å². The topological polar surface area (TPSA) is 52.3 Å². The zero-order valence-corrected chi connectivity index (χ0v) is 8.97. The lowest BCUT2D eigenvalue weighted by atomic mass is 10.3. The van der Waals surface area contributed by atoms with E-state index in [1.807, 2.05) is 0 Å². The molecule has 2 N–H and O–H groups in total. The lowest BCUT2D eigenvalue weighted by molar-refractivity contribution is 0.415. The van der Waals surface area contributed by atoms with Gasteiger partial charge in [-0.3, -0.25) is 0 Å². The highest BCUT2D eigenvalue weighted by Gasteiger charge is 2.12. The quantitative estimate of drug-likeness (QED) is 0.580. The molecule has 3 nitrogen and oxygen atoms in total. The highest BCUT2D eigenvalue weighted by atomic mass is 31.2. The number of nitrogens with two attached hydrogens (primary N) is 1. The summed E-state index contributed by atoms with van der Waals surface area (Å²) in [4.78, 5) is 0. The van der Waals surface area contributed by atoms with Gasteiger partial charge in [-0.15, -0.1) is 0 Å². The second-order valence-electron chi connectivity index (χ2n) is 3.32. The Morgan fingerprint density at radius 3 is 2.38 bits per heavy atom. The van der Waals surface area contributed by atoms with Crippen molar-refractivity contribution in [2.24, 2.45) is 0 Å². The largest absolute Gasteiger partial charge is 0.497 e. The molecule has 1 aromatic rings. The molecule has 1 rings (SSSR count). The molecule has 0 aliphatic carbocycles. The first-order valence-corrected chi connectivity index (χ1v) is 6.53. The van der Waals surface area contributed by atoms with Gasteiger partial charge in [0.2, 0.25) is 0 Å². The molecule has 0 atom stereocenters. The Morgan fingerprint density at radius 2 is 1.92 bits per heavy atom. The molecule has 4 heteroatoms. The maximum Gasteiger partial charge on any atom is 0.121 e. The summed E-state index contributed by atoms with van der Waals surface area (Å²) in [5.74, 6) is 0.652. The lowest BCUT2D eigenvalue weighted by Gasteiger charge is -2.09. The molecule has 0 radical (unpaired) electrons. The molecule has 0 heterocycles. The summed E-state index contributed by atoms with van der Waals surface area (Å²) in [7, 11) is -0.681. The number of benzene rings is 1. The summed E-state index contributed by atoms with van der Waals surface area (Å²) in [5.41, 5.74) is 6.21. The molecule has 0 unspecified atom stereocenters. The standard InChI is InChI=1S/C9H14NO2P/c1-12-8-4-7(10)5-9(6-8)13(2,3)11/h4-6H,10H2,1-3H3. The minimum absolute atomic E-state index is 0.582. The molecular formula is C9H14NO2P. The number of ether oxygens (including phenoxy) is 1. The summed E-state index contributed by atoms with van der Waals surface area (Å²) in [6.07, 6.45) is 0. The van der Waals surface area contributed by atoms with Gasteiger partial charge in [-0.05, 0) is 25.5 Å². The number of hydrogen-bond donors (Lipinski definition) is 1. The Bertz CT molecular complexity index is 357. The number of rotatable bonds is 2. The van der Waals surface area contributed by atoms with Gasteiger partial charge in [0.1, 0.15) is 12.9 Å². The van der Waals surface area contributed by atoms with Crippen LogP contribution in [0.1, 0.15) is 0 Å². The van der Waals surface area contributed by atoms with Gasteiger partial charge >= 0.3 is 0 Å². The minimum atomic E-state index is -2.25. The van der Waals surface area contributed by atoms with Crippen molar-refractivity contribution in [3.63, 3.8) is 0 Å². The van der Waals surface area contributed by atoms with Crippen LogP contribution in [0.15, 0.2) is 18.2 Å². The first-order chi connectivity index (χ1) is 5.93. The number of nitrogen functional groups attached to an aromatic ring is 1. The Balaban J connectivity index is 3.24. The van der Waals surface area contributed by atoms with Gasteiger partial charge in [-0.2, -0.15) is 0 Å². The Morgan fingerprint density at radius 1 is 1.31 bits per heavy atom. The van der Waals surface area contributed by atoms with Gasteiger partial charge in [0.05, 0.1) is 7.11 Å². The van der Waals surface area contributed by atoms with E-state index < -0.39 is 7.14 Å².